The Balaban J connectivity index is 1.73. The first-order valence-electron chi connectivity index (χ1n) is 7.14. The van der Waals surface area contributed by atoms with Gasteiger partial charge in [-0.05, 0) is 30.9 Å². The van der Waals surface area contributed by atoms with Crippen molar-refractivity contribution in [2.45, 2.75) is 43.6 Å². The predicted octanol–water partition coefficient (Wildman–Crippen LogP) is 3.24. The lowest BCUT2D eigenvalue weighted by Gasteiger charge is -2.25. The number of nitrogens with two attached hydrogens (primary N) is 1. The third kappa shape index (κ3) is 2.87. The summed E-state index contributed by atoms with van der Waals surface area (Å²) < 4.78 is 18.1. The molecule has 1 saturated carbocycles. The van der Waals surface area contributed by atoms with Gasteiger partial charge in [-0.2, -0.15) is 0 Å². The molecule has 0 radical (unpaired) electrons. The van der Waals surface area contributed by atoms with Crippen LogP contribution in [0.4, 0.5) is 5.69 Å². The fourth-order valence-corrected chi connectivity index (χ4v) is 4.48. The van der Waals surface area contributed by atoms with Crippen molar-refractivity contribution in [2.75, 3.05) is 5.73 Å². The van der Waals surface area contributed by atoms with Crippen LogP contribution >= 0.6 is 0 Å². The summed E-state index contributed by atoms with van der Waals surface area (Å²) in [6.07, 6.45) is 4.56. The molecule has 0 aliphatic heterocycles. The van der Waals surface area contributed by atoms with E-state index in [1.54, 1.807) is 12.1 Å². The maximum Gasteiger partial charge on any atom is 0.208 e. The molecule has 5 heteroatoms. The number of hydrogen-bond acceptors (Lipinski definition) is 4. The van der Waals surface area contributed by atoms with E-state index in [0.29, 0.717) is 34.1 Å². The molecule has 1 heterocycles. The highest BCUT2D eigenvalue weighted by Crippen LogP contribution is 2.28. The Kier molecular flexibility index (Phi) is 3.78. The minimum Gasteiger partial charge on any atom is -0.440 e. The number of benzene rings is 1. The van der Waals surface area contributed by atoms with Crippen LogP contribution < -0.4 is 5.73 Å². The van der Waals surface area contributed by atoms with E-state index in [2.05, 4.69) is 11.9 Å². The van der Waals surface area contributed by atoms with E-state index in [1.165, 1.54) is 12.8 Å². The van der Waals surface area contributed by atoms with Crippen molar-refractivity contribution < 1.29 is 8.63 Å². The number of nitrogens with zero attached hydrogens (tertiary/aromatic N) is 1. The van der Waals surface area contributed by atoms with E-state index < -0.39 is 10.8 Å². The van der Waals surface area contributed by atoms with Gasteiger partial charge in [-0.3, -0.25) is 4.21 Å². The topological polar surface area (TPSA) is 69.1 Å². The summed E-state index contributed by atoms with van der Waals surface area (Å²) in [6.45, 7) is 2.24. The van der Waals surface area contributed by atoms with Crippen molar-refractivity contribution in [3.8, 4) is 0 Å². The standard InChI is InChI=1S/C15H20N2O2S/c1-10-3-2-4-12(7-10)20(18)9-15-17-13-6-5-11(16)8-14(13)19-15/h5-6,8,10,12H,2-4,7,9,16H2,1H3. The molecule has 2 N–H and O–H groups in total. The third-order valence-corrected chi connectivity index (χ3v) is 5.69. The molecule has 0 spiro atoms. The van der Waals surface area contributed by atoms with Gasteiger partial charge in [0, 0.05) is 27.8 Å². The highest BCUT2D eigenvalue weighted by molar-refractivity contribution is 7.84. The molecule has 0 saturated heterocycles. The molecule has 108 valence electrons. The lowest BCUT2D eigenvalue weighted by atomic mass is 9.91. The monoisotopic (exact) mass is 292 g/mol. The zero-order valence-corrected chi connectivity index (χ0v) is 12.5. The lowest BCUT2D eigenvalue weighted by molar-refractivity contribution is 0.388. The van der Waals surface area contributed by atoms with Crippen molar-refractivity contribution in [1.29, 1.82) is 0 Å². The largest absolute Gasteiger partial charge is 0.440 e. The second-order valence-electron chi connectivity index (χ2n) is 5.75. The SMILES string of the molecule is CC1CCCC(S(=O)Cc2nc3ccc(N)cc3o2)C1. The van der Waals surface area contributed by atoms with Crippen molar-refractivity contribution in [2.24, 2.45) is 5.92 Å². The maximum atomic E-state index is 12.4. The van der Waals surface area contributed by atoms with Crippen molar-refractivity contribution in [3.63, 3.8) is 0 Å². The molecule has 1 aromatic heterocycles. The van der Waals surface area contributed by atoms with Gasteiger partial charge in [0.2, 0.25) is 5.89 Å². The Morgan fingerprint density at radius 1 is 1.45 bits per heavy atom. The van der Waals surface area contributed by atoms with Gasteiger partial charge in [0.25, 0.3) is 0 Å². The van der Waals surface area contributed by atoms with E-state index in [-0.39, 0.29) is 0 Å². The second-order valence-corrected chi connectivity index (χ2v) is 7.47. The Hall–Kier alpha value is -1.36. The Morgan fingerprint density at radius 2 is 2.30 bits per heavy atom. The van der Waals surface area contributed by atoms with Crippen LogP contribution in [0.1, 0.15) is 38.5 Å². The zero-order chi connectivity index (χ0) is 14.1. The molecule has 20 heavy (non-hydrogen) atoms. The highest BCUT2D eigenvalue weighted by atomic mass is 32.2. The molecule has 3 rings (SSSR count). The predicted molar refractivity (Wildman–Crippen MR) is 81.7 cm³/mol. The Morgan fingerprint density at radius 3 is 3.10 bits per heavy atom. The molecule has 0 bridgehead atoms. The quantitative estimate of drug-likeness (QED) is 0.882. The molecule has 1 aliphatic carbocycles. The van der Waals surface area contributed by atoms with Crippen LogP contribution in [0.5, 0.6) is 0 Å². The summed E-state index contributed by atoms with van der Waals surface area (Å²) in [5.74, 6) is 1.65. The summed E-state index contributed by atoms with van der Waals surface area (Å²) in [7, 11) is -0.898. The van der Waals surface area contributed by atoms with E-state index in [9.17, 15) is 4.21 Å². The first-order valence-corrected chi connectivity index (χ1v) is 8.52. The number of rotatable bonds is 3. The molecule has 1 aromatic carbocycles. The minimum atomic E-state index is -0.898. The molecule has 1 aliphatic rings. The smallest absolute Gasteiger partial charge is 0.208 e. The van der Waals surface area contributed by atoms with Crippen LogP contribution in [0.25, 0.3) is 11.1 Å². The van der Waals surface area contributed by atoms with E-state index >= 15 is 0 Å². The van der Waals surface area contributed by atoms with E-state index in [0.717, 1.165) is 18.4 Å². The normalized spacial score (nSPS) is 24.9. The van der Waals surface area contributed by atoms with Gasteiger partial charge in [-0.15, -0.1) is 0 Å². The average Bonchev–Trinajstić information content (AvgIpc) is 2.80. The maximum absolute atomic E-state index is 12.4. The zero-order valence-electron chi connectivity index (χ0n) is 11.7. The van der Waals surface area contributed by atoms with Crippen molar-refractivity contribution in [3.05, 3.63) is 24.1 Å². The molecule has 0 amide bonds. The molecular weight excluding hydrogens is 272 g/mol. The average molecular weight is 292 g/mol. The molecule has 4 nitrogen and oxygen atoms in total. The van der Waals surface area contributed by atoms with Gasteiger partial charge in [0.05, 0.1) is 0 Å². The molecule has 3 unspecified atom stereocenters. The number of nitrogen functional groups attached to an aromatic ring is 1. The van der Waals surface area contributed by atoms with Crippen LogP contribution in [0.15, 0.2) is 22.6 Å². The second kappa shape index (κ2) is 5.56. The van der Waals surface area contributed by atoms with E-state index in [4.69, 9.17) is 10.2 Å². The van der Waals surface area contributed by atoms with Crippen LogP contribution in [0, 0.1) is 5.92 Å². The van der Waals surface area contributed by atoms with Gasteiger partial charge in [-0.1, -0.05) is 19.8 Å². The van der Waals surface area contributed by atoms with Crippen LogP contribution in [0.3, 0.4) is 0 Å². The minimum absolute atomic E-state index is 0.291. The summed E-state index contributed by atoms with van der Waals surface area (Å²) in [5, 5.41) is 0.291. The van der Waals surface area contributed by atoms with Crippen molar-refractivity contribution in [1.82, 2.24) is 4.98 Å². The molecular formula is C15H20N2O2S. The van der Waals surface area contributed by atoms with Crippen molar-refractivity contribution >= 4 is 27.6 Å². The summed E-state index contributed by atoms with van der Waals surface area (Å²) >= 11 is 0. The van der Waals surface area contributed by atoms with Crippen LogP contribution in [0.2, 0.25) is 0 Å². The summed E-state index contributed by atoms with van der Waals surface area (Å²) in [6, 6.07) is 5.40. The Bertz CT molecular complexity index is 638. The van der Waals surface area contributed by atoms with Gasteiger partial charge in [-0.25, -0.2) is 4.98 Å². The first-order chi connectivity index (χ1) is 9.61. The third-order valence-electron chi connectivity index (χ3n) is 3.98. The van der Waals surface area contributed by atoms with Gasteiger partial charge in [0.1, 0.15) is 11.3 Å². The number of aromatic nitrogens is 1. The van der Waals surface area contributed by atoms with E-state index in [1.807, 2.05) is 6.07 Å². The summed E-state index contributed by atoms with van der Waals surface area (Å²) in [5.41, 5.74) is 7.83. The fraction of sp³-hybridized carbons (Fsp3) is 0.533. The molecule has 1 fully saturated rings. The number of fused-ring (bicyclic) bond motifs is 1. The van der Waals surface area contributed by atoms with Gasteiger partial charge >= 0.3 is 0 Å². The Labute approximate surface area is 121 Å². The van der Waals surface area contributed by atoms with Gasteiger partial charge in [0.15, 0.2) is 5.58 Å². The number of hydrogen-bond donors (Lipinski definition) is 1. The molecule has 2 aromatic rings. The van der Waals surface area contributed by atoms with Crippen LogP contribution in [-0.2, 0) is 16.6 Å². The van der Waals surface area contributed by atoms with Crippen LogP contribution in [-0.4, -0.2) is 14.4 Å². The number of oxazole rings is 1. The highest BCUT2D eigenvalue weighted by Gasteiger charge is 2.25. The lowest BCUT2D eigenvalue weighted by Crippen LogP contribution is -2.24. The number of anilines is 1. The molecule has 3 atom stereocenters. The summed E-state index contributed by atoms with van der Waals surface area (Å²) in [4.78, 5) is 4.39. The first kappa shape index (κ1) is 13.6. The van der Waals surface area contributed by atoms with Gasteiger partial charge < -0.3 is 10.2 Å². The fourth-order valence-electron chi connectivity index (χ4n) is 2.91.